The van der Waals surface area contributed by atoms with Crippen molar-refractivity contribution in [3.05, 3.63) is 23.5 Å². The van der Waals surface area contributed by atoms with Crippen molar-refractivity contribution in [3.63, 3.8) is 0 Å². The highest BCUT2D eigenvalue weighted by atomic mass is 16.5. The summed E-state index contributed by atoms with van der Waals surface area (Å²) < 4.78 is 6.71. The predicted molar refractivity (Wildman–Crippen MR) is 79.2 cm³/mol. The first-order valence-corrected chi connectivity index (χ1v) is 7.37. The first kappa shape index (κ1) is 14.7. The number of hydrogen-bond donors (Lipinski definition) is 1. The zero-order chi connectivity index (χ0) is 15.7. The maximum absolute atomic E-state index is 12.3. The molecule has 1 amide bonds. The van der Waals surface area contributed by atoms with E-state index >= 15 is 0 Å². The summed E-state index contributed by atoms with van der Waals surface area (Å²) in [4.78, 5) is 18.6. The van der Waals surface area contributed by atoms with Crippen molar-refractivity contribution in [1.82, 2.24) is 24.8 Å². The molecule has 22 heavy (non-hydrogen) atoms. The van der Waals surface area contributed by atoms with E-state index in [2.05, 4.69) is 25.5 Å². The van der Waals surface area contributed by atoms with Gasteiger partial charge in [0, 0.05) is 20.0 Å². The predicted octanol–water partition coefficient (Wildman–Crippen LogP) is 1.20. The summed E-state index contributed by atoms with van der Waals surface area (Å²) in [6.07, 6.45) is 1.97. The Balaban J connectivity index is 1.64. The van der Waals surface area contributed by atoms with Gasteiger partial charge in [-0.25, -0.2) is 0 Å². The van der Waals surface area contributed by atoms with E-state index < -0.39 is 0 Å². The first-order chi connectivity index (χ1) is 10.5. The van der Waals surface area contributed by atoms with E-state index in [1.54, 1.807) is 11.6 Å². The van der Waals surface area contributed by atoms with Gasteiger partial charge in [0.1, 0.15) is 5.82 Å². The molecule has 1 fully saturated rings. The Morgan fingerprint density at radius 3 is 2.95 bits per heavy atom. The van der Waals surface area contributed by atoms with Crippen molar-refractivity contribution >= 4 is 11.7 Å². The summed E-state index contributed by atoms with van der Waals surface area (Å²) in [6.45, 7) is 4.83. The number of hydrogen-bond acceptors (Lipinski definition) is 6. The molecule has 0 aliphatic carbocycles. The highest BCUT2D eigenvalue weighted by Gasteiger charge is 2.31. The van der Waals surface area contributed by atoms with E-state index in [1.807, 2.05) is 20.0 Å². The quantitative estimate of drug-likeness (QED) is 0.913. The summed E-state index contributed by atoms with van der Waals surface area (Å²) in [5, 5.41) is 11.1. The Kier molecular flexibility index (Phi) is 3.93. The van der Waals surface area contributed by atoms with Gasteiger partial charge in [0.15, 0.2) is 5.82 Å². The molecular formula is C14H20N6O2. The molecule has 1 N–H and O–H groups in total. The van der Waals surface area contributed by atoms with Crippen molar-refractivity contribution in [2.75, 3.05) is 18.4 Å². The minimum atomic E-state index is -0.0601. The van der Waals surface area contributed by atoms with Gasteiger partial charge < -0.3 is 9.84 Å². The third kappa shape index (κ3) is 3.01. The summed E-state index contributed by atoms with van der Waals surface area (Å²) in [6, 6.07) is 1.90. The second kappa shape index (κ2) is 5.88. The molecule has 3 heterocycles. The molecule has 2 aromatic rings. The van der Waals surface area contributed by atoms with Crippen LogP contribution in [0.25, 0.3) is 0 Å². The largest absolute Gasteiger partial charge is 0.340 e. The number of carbonyl (C=O) groups excluding carboxylic acids is 1. The third-order valence-corrected chi connectivity index (χ3v) is 3.82. The third-order valence-electron chi connectivity index (χ3n) is 3.82. The number of likely N-dealkylation sites (tertiary alicyclic amines) is 1. The van der Waals surface area contributed by atoms with Crippen LogP contribution in [0.3, 0.4) is 0 Å². The topological polar surface area (TPSA) is 89.1 Å². The zero-order valence-electron chi connectivity index (χ0n) is 13.0. The Morgan fingerprint density at radius 1 is 1.50 bits per heavy atom. The van der Waals surface area contributed by atoms with E-state index in [0.717, 1.165) is 25.1 Å². The van der Waals surface area contributed by atoms with Crippen molar-refractivity contribution < 1.29 is 9.32 Å². The molecular weight excluding hydrogens is 284 g/mol. The van der Waals surface area contributed by atoms with Gasteiger partial charge in [-0.3, -0.25) is 14.4 Å². The normalized spacial score (nSPS) is 18.8. The van der Waals surface area contributed by atoms with E-state index in [1.165, 1.54) is 0 Å². The number of rotatable bonds is 4. The van der Waals surface area contributed by atoms with E-state index in [0.29, 0.717) is 24.1 Å². The van der Waals surface area contributed by atoms with Gasteiger partial charge in [0.2, 0.25) is 11.8 Å². The van der Waals surface area contributed by atoms with Crippen LogP contribution in [0.4, 0.5) is 5.82 Å². The number of anilines is 1. The lowest BCUT2D eigenvalue weighted by Crippen LogP contribution is -2.33. The van der Waals surface area contributed by atoms with Crippen LogP contribution >= 0.6 is 0 Å². The molecule has 8 heteroatoms. The Hall–Kier alpha value is -2.22. The van der Waals surface area contributed by atoms with Crippen molar-refractivity contribution in [2.45, 2.75) is 32.7 Å². The molecule has 0 unspecified atom stereocenters. The van der Waals surface area contributed by atoms with Gasteiger partial charge in [0.25, 0.3) is 0 Å². The Labute approximate surface area is 128 Å². The van der Waals surface area contributed by atoms with Crippen LogP contribution in [0.2, 0.25) is 0 Å². The average Bonchev–Trinajstić information content (AvgIpc) is 3.12. The molecule has 8 nitrogen and oxygen atoms in total. The number of amides is 1. The van der Waals surface area contributed by atoms with Crippen LogP contribution in [0.1, 0.15) is 36.3 Å². The lowest BCUT2D eigenvalue weighted by Gasteiger charge is -2.21. The monoisotopic (exact) mass is 304 g/mol. The zero-order valence-corrected chi connectivity index (χ0v) is 13.0. The van der Waals surface area contributed by atoms with Crippen LogP contribution < -0.4 is 5.32 Å². The van der Waals surface area contributed by atoms with Gasteiger partial charge in [0.05, 0.1) is 18.3 Å². The Morgan fingerprint density at radius 2 is 2.32 bits per heavy atom. The van der Waals surface area contributed by atoms with Crippen LogP contribution in [-0.2, 0) is 11.8 Å². The Bertz CT molecular complexity index is 677. The maximum Gasteiger partial charge on any atom is 0.239 e. The molecule has 2 aromatic heterocycles. The van der Waals surface area contributed by atoms with Gasteiger partial charge in [-0.15, -0.1) is 0 Å². The molecule has 0 aromatic carbocycles. The summed E-state index contributed by atoms with van der Waals surface area (Å²) in [5.74, 6) is 1.86. The maximum atomic E-state index is 12.3. The molecule has 1 aliphatic heterocycles. The smallest absolute Gasteiger partial charge is 0.239 e. The molecule has 0 saturated carbocycles. The number of nitrogens with zero attached hydrogens (tertiary/aromatic N) is 5. The fourth-order valence-corrected chi connectivity index (χ4v) is 2.85. The lowest BCUT2D eigenvalue weighted by atomic mass is 10.2. The SMILES string of the molecule is Cc1cc(NC(=O)CN2CCC[C@H]2c2noc(C)n2)n(C)n1. The van der Waals surface area contributed by atoms with Crippen LogP contribution in [-0.4, -0.2) is 43.8 Å². The van der Waals surface area contributed by atoms with Crippen LogP contribution in [0, 0.1) is 13.8 Å². The van der Waals surface area contributed by atoms with E-state index in [9.17, 15) is 4.79 Å². The van der Waals surface area contributed by atoms with Crippen molar-refractivity contribution in [1.29, 1.82) is 0 Å². The number of aryl methyl sites for hydroxylation is 3. The van der Waals surface area contributed by atoms with Crippen molar-refractivity contribution in [2.24, 2.45) is 7.05 Å². The summed E-state index contributed by atoms with van der Waals surface area (Å²) in [7, 11) is 1.81. The minimum absolute atomic E-state index is 0.0523. The fourth-order valence-electron chi connectivity index (χ4n) is 2.85. The van der Waals surface area contributed by atoms with Gasteiger partial charge >= 0.3 is 0 Å². The molecule has 118 valence electrons. The van der Waals surface area contributed by atoms with Crippen LogP contribution in [0.15, 0.2) is 10.6 Å². The lowest BCUT2D eigenvalue weighted by molar-refractivity contribution is -0.117. The number of aromatic nitrogens is 4. The molecule has 1 saturated heterocycles. The van der Waals surface area contributed by atoms with Gasteiger partial charge in [-0.2, -0.15) is 10.1 Å². The summed E-state index contributed by atoms with van der Waals surface area (Å²) in [5.41, 5.74) is 0.874. The second-order valence-electron chi connectivity index (χ2n) is 5.64. The highest BCUT2D eigenvalue weighted by molar-refractivity contribution is 5.91. The molecule has 1 atom stereocenters. The van der Waals surface area contributed by atoms with Crippen molar-refractivity contribution in [3.8, 4) is 0 Å². The molecule has 0 bridgehead atoms. The molecule has 0 spiro atoms. The van der Waals surface area contributed by atoms with Gasteiger partial charge in [-0.05, 0) is 26.3 Å². The van der Waals surface area contributed by atoms with Gasteiger partial charge in [-0.1, -0.05) is 5.16 Å². The second-order valence-corrected chi connectivity index (χ2v) is 5.64. The van der Waals surface area contributed by atoms with Crippen LogP contribution in [0.5, 0.6) is 0 Å². The summed E-state index contributed by atoms with van der Waals surface area (Å²) >= 11 is 0. The number of nitrogens with one attached hydrogen (secondary N) is 1. The fraction of sp³-hybridized carbons (Fsp3) is 0.571. The number of carbonyl (C=O) groups is 1. The molecule has 1 aliphatic rings. The average molecular weight is 304 g/mol. The minimum Gasteiger partial charge on any atom is -0.340 e. The van der Waals surface area contributed by atoms with E-state index in [-0.39, 0.29) is 11.9 Å². The van der Waals surface area contributed by atoms with E-state index in [4.69, 9.17) is 4.52 Å². The standard InChI is InChI=1S/C14H20N6O2/c1-9-7-12(19(3)17-9)16-13(21)8-20-6-4-5-11(20)14-15-10(2)22-18-14/h7,11H,4-6,8H2,1-3H3,(H,16,21)/t11-/m0/s1. The molecule has 3 rings (SSSR count). The molecule has 0 radical (unpaired) electrons. The first-order valence-electron chi connectivity index (χ1n) is 7.37. The highest BCUT2D eigenvalue weighted by Crippen LogP contribution is 2.29.